The zero-order valence-corrected chi connectivity index (χ0v) is 14.9. The third kappa shape index (κ3) is 3.63. The zero-order chi connectivity index (χ0) is 17.9. The van der Waals surface area contributed by atoms with E-state index in [4.69, 9.17) is 9.15 Å². The van der Waals surface area contributed by atoms with Crippen LogP contribution in [0.15, 0.2) is 53.1 Å². The molecule has 1 fully saturated rings. The molecule has 3 aromatic rings. The van der Waals surface area contributed by atoms with Crippen LogP contribution >= 0.6 is 0 Å². The summed E-state index contributed by atoms with van der Waals surface area (Å²) in [5.74, 6) is 0.226. The Hall–Kier alpha value is -2.66. The smallest absolute Gasteiger partial charge is 0.272 e. The number of furan rings is 1. The number of rotatable bonds is 3. The van der Waals surface area contributed by atoms with Crippen LogP contribution in [0.2, 0.25) is 0 Å². The van der Waals surface area contributed by atoms with Crippen LogP contribution < -0.4 is 0 Å². The lowest BCUT2D eigenvalue weighted by molar-refractivity contribution is 0.0731. The number of aromatic nitrogens is 1. The lowest BCUT2D eigenvalue weighted by atomic mass is 9.99. The fourth-order valence-electron chi connectivity index (χ4n) is 3.47. The van der Waals surface area contributed by atoms with E-state index in [2.05, 4.69) is 23.2 Å². The van der Waals surface area contributed by atoms with Crippen LogP contribution in [-0.2, 0) is 11.2 Å². The van der Waals surface area contributed by atoms with Gasteiger partial charge in [0.05, 0.1) is 19.5 Å². The van der Waals surface area contributed by atoms with Crippen molar-refractivity contribution in [2.75, 3.05) is 26.3 Å². The van der Waals surface area contributed by atoms with Crippen LogP contribution in [0.4, 0.5) is 0 Å². The largest absolute Gasteiger partial charge is 0.464 e. The molecule has 0 radical (unpaired) electrons. The minimum absolute atomic E-state index is 0.0225. The predicted octanol–water partition coefficient (Wildman–Crippen LogP) is 3.47. The Morgan fingerprint density at radius 2 is 2.19 bits per heavy atom. The van der Waals surface area contributed by atoms with Gasteiger partial charge < -0.3 is 14.1 Å². The summed E-state index contributed by atoms with van der Waals surface area (Å²) in [6, 6.07) is 13.8. The molecule has 3 heterocycles. The van der Waals surface area contributed by atoms with Gasteiger partial charge in [-0.3, -0.25) is 4.79 Å². The van der Waals surface area contributed by atoms with E-state index in [1.54, 1.807) is 12.3 Å². The van der Waals surface area contributed by atoms with Crippen molar-refractivity contribution in [3.8, 4) is 0 Å². The van der Waals surface area contributed by atoms with E-state index in [9.17, 15) is 4.79 Å². The average molecular weight is 350 g/mol. The molecule has 1 aliphatic rings. The number of ether oxygens (including phenoxy) is 1. The third-order valence-electron chi connectivity index (χ3n) is 4.78. The summed E-state index contributed by atoms with van der Waals surface area (Å²) in [6.45, 7) is 4.38. The average Bonchev–Trinajstić information content (AvgIpc) is 2.99. The Balaban J connectivity index is 1.49. The maximum absolute atomic E-state index is 12.8. The van der Waals surface area contributed by atoms with Gasteiger partial charge >= 0.3 is 0 Å². The normalized spacial score (nSPS) is 18.0. The first kappa shape index (κ1) is 16.8. The van der Waals surface area contributed by atoms with Crippen molar-refractivity contribution < 1.29 is 13.9 Å². The number of pyridine rings is 1. The third-order valence-corrected chi connectivity index (χ3v) is 4.78. The predicted molar refractivity (Wildman–Crippen MR) is 99.1 cm³/mol. The van der Waals surface area contributed by atoms with Gasteiger partial charge in [0.2, 0.25) is 0 Å². The highest BCUT2D eigenvalue weighted by Gasteiger charge is 2.24. The Morgan fingerprint density at radius 3 is 3.08 bits per heavy atom. The zero-order valence-electron chi connectivity index (χ0n) is 14.9. The number of benzene rings is 1. The standard InChI is InChI=1S/C21H22N2O3/c1-15-3-2-4-19(22-15)21(24)23-8-10-25-14-17(13-23)11-16-5-6-18-7-9-26-20(18)12-16/h2-7,9,12,17H,8,10-11,13-14H2,1H3/t17-/m0/s1. The van der Waals surface area contributed by atoms with Gasteiger partial charge in [0.25, 0.3) is 5.91 Å². The molecule has 0 bridgehead atoms. The van der Waals surface area contributed by atoms with E-state index >= 15 is 0 Å². The molecule has 0 aliphatic carbocycles. The number of aryl methyl sites for hydroxylation is 1. The van der Waals surface area contributed by atoms with Crippen LogP contribution in [0.25, 0.3) is 11.0 Å². The van der Waals surface area contributed by atoms with Crippen molar-refractivity contribution in [3.63, 3.8) is 0 Å². The summed E-state index contributed by atoms with van der Waals surface area (Å²) < 4.78 is 11.3. The topological polar surface area (TPSA) is 55.6 Å². The molecule has 26 heavy (non-hydrogen) atoms. The van der Waals surface area contributed by atoms with Crippen molar-refractivity contribution >= 4 is 16.9 Å². The molecule has 1 saturated heterocycles. The lowest BCUT2D eigenvalue weighted by Gasteiger charge is -2.23. The van der Waals surface area contributed by atoms with Gasteiger partial charge in [0, 0.05) is 30.1 Å². The van der Waals surface area contributed by atoms with Crippen molar-refractivity contribution in [1.82, 2.24) is 9.88 Å². The maximum atomic E-state index is 12.8. The molecule has 1 atom stereocenters. The van der Waals surface area contributed by atoms with Gasteiger partial charge in [-0.05, 0) is 43.2 Å². The summed E-state index contributed by atoms with van der Waals surface area (Å²) in [5.41, 5.74) is 3.45. The molecule has 5 heteroatoms. The van der Waals surface area contributed by atoms with E-state index in [1.165, 1.54) is 5.56 Å². The molecule has 134 valence electrons. The Labute approximate surface area is 152 Å². The molecule has 5 nitrogen and oxygen atoms in total. The van der Waals surface area contributed by atoms with E-state index in [1.807, 2.05) is 30.0 Å². The number of hydrogen-bond acceptors (Lipinski definition) is 4. The highest BCUT2D eigenvalue weighted by atomic mass is 16.5. The van der Waals surface area contributed by atoms with Crippen LogP contribution in [0.1, 0.15) is 21.7 Å². The molecular weight excluding hydrogens is 328 g/mol. The molecular formula is C21H22N2O3. The first-order valence-corrected chi connectivity index (χ1v) is 8.96. The van der Waals surface area contributed by atoms with Gasteiger partial charge in [0.1, 0.15) is 11.3 Å². The van der Waals surface area contributed by atoms with E-state index < -0.39 is 0 Å². The molecule has 0 spiro atoms. The van der Waals surface area contributed by atoms with Crippen LogP contribution in [-0.4, -0.2) is 42.1 Å². The SMILES string of the molecule is Cc1cccc(C(=O)N2CCOC[C@@H](Cc3ccc4ccoc4c3)C2)n1. The summed E-state index contributed by atoms with van der Waals surface area (Å²) in [4.78, 5) is 19.1. The van der Waals surface area contributed by atoms with Crippen molar-refractivity contribution in [2.24, 2.45) is 5.92 Å². The molecule has 0 saturated carbocycles. The van der Waals surface area contributed by atoms with Crippen molar-refractivity contribution in [1.29, 1.82) is 0 Å². The molecule has 1 amide bonds. The lowest BCUT2D eigenvalue weighted by Crippen LogP contribution is -2.36. The van der Waals surface area contributed by atoms with Gasteiger partial charge in [-0.15, -0.1) is 0 Å². The molecule has 2 aromatic heterocycles. The number of amides is 1. The second kappa shape index (κ2) is 7.30. The summed E-state index contributed by atoms with van der Waals surface area (Å²) in [5, 5.41) is 1.10. The van der Waals surface area contributed by atoms with Crippen LogP contribution in [0.5, 0.6) is 0 Å². The van der Waals surface area contributed by atoms with E-state index in [-0.39, 0.29) is 11.8 Å². The second-order valence-electron chi connectivity index (χ2n) is 6.85. The maximum Gasteiger partial charge on any atom is 0.272 e. The van der Waals surface area contributed by atoms with Gasteiger partial charge in [-0.1, -0.05) is 18.2 Å². The minimum atomic E-state index is -0.0225. The first-order valence-electron chi connectivity index (χ1n) is 8.96. The quantitative estimate of drug-likeness (QED) is 0.726. The molecule has 1 aromatic carbocycles. The number of carbonyl (C=O) groups excluding carboxylic acids is 1. The van der Waals surface area contributed by atoms with E-state index in [0.29, 0.717) is 32.0 Å². The minimum Gasteiger partial charge on any atom is -0.464 e. The Kier molecular flexibility index (Phi) is 4.71. The Morgan fingerprint density at radius 1 is 1.27 bits per heavy atom. The number of nitrogens with zero attached hydrogens (tertiary/aromatic N) is 2. The summed E-state index contributed by atoms with van der Waals surface area (Å²) in [7, 11) is 0. The second-order valence-corrected chi connectivity index (χ2v) is 6.85. The summed E-state index contributed by atoms with van der Waals surface area (Å²) >= 11 is 0. The fourth-order valence-corrected chi connectivity index (χ4v) is 3.47. The van der Waals surface area contributed by atoms with Gasteiger partial charge in [0.15, 0.2) is 0 Å². The van der Waals surface area contributed by atoms with Gasteiger partial charge in [-0.25, -0.2) is 4.98 Å². The molecule has 4 rings (SSSR count). The highest BCUT2D eigenvalue weighted by molar-refractivity contribution is 5.92. The summed E-state index contributed by atoms with van der Waals surface area (Å²) in [6.07, 6.45) is 2.56. The number of fused-ring (bicyclic) bond motifs is 1. The van der Waals surface area contributed by atoms with Gasteiger partial charge in [-0.2, -0.15) is 0 Å². The monoisotopic (exact) mass is 350 g/mol. The highest BCUT2D eigenvalue weighted by Crippen LogP contribution is 2.21. The van der Waals surface area contributed by atoms with E-state index in [0.717, 1.165) is 23.1 Å². The van der Waals surface area contributed by atoms with Crippen molar-refractivity contribution in [3.05, 3.63) is 65.7 Å². The van der Waals surface area contributed by atoms with Crippen LogP contribution in [0.3, 0.4) is 0 Å². The fraction of sp³-hybridized carbons (Fsp3) is 0.333. The molecule has 1 aliphatic heterocycles. The first-order chi connectivity index (χ1) is 12.7. The molecule has 0 unspecified atom stereocenters. The Bertz CT molecular complexity index is 918. The number of carbonyl (C=O) groups is 1. The molecule has 0 N–H and O–H groups in total. The van der Waals surface area contributed by atoms with Crippen molar-refractivity contribution in [2.45, 2.75) is 13.3 Å². The van der Waals surface area contributed by atoms with Crippen LogP contribution in [0, 0.1) is 12.8 Å². The number of hydrogen-bond donors (Lipinski definition) is 0.